The molecule has 0 unspecified atom stereocenters. The van der Waals surface area contributed by atoms with Gasteiger partial charge in [0.1, 0.15) is 5.82 Å². The summed E-state index contributed by atoms with van der Waals surface area (Å²) in [7, 11) is -0.514. The van der Waals surface area contributed by atoms with Crippen LogP contribution in [0.15, 0.2) is 17.3 Å². The summed E-state index contributed by atoms with van der Waals surface area (Å²) in [6, 6.07) is 1.45. The Balaban J connectivity index is 2.23. The summed E-state index contributed by atoms with van der Waals surface area (Å²) in [5.74, 6) is 1.08. The highest BCUT2D eigenvalue weighted by molar-refractivity contribution is 7.89. The number of hydrogen-bond donors (Lipinski definition) is 1. The predicted molar refractivity (Wildman–Crippen MR) is 63.0 cm³/mol. The van der Waals surface area contributed by atoms with Crippen molar-refractivity contribution in [1.82, 2.24) is 29.3 Å². The number of aromatic nitrogens is 5. The summed E-state index contributed by atoms with van der Waals surface area (Å²) in [4.78, 5) is 4.07. The normalized spacial score (nSPS) is 12.2. The Morgan fingerprint density at radius 3 is 2.72 bits per heavy atom. The van der Waals surface area contributed by atoms with E-state index in [1.165, 1.54) is 28.3 Å². The molecule has 0 aliphatic heterocycles. The minimum atomic E-state index is -3.58. The lowest BCUT2D eigenvalue weighted by molar-refractivity contribution is 0.448. The number of aryl methyl sites for hydroxylation is 2. The topological polar surface area (TPSA) is 96.8 Å². The van der Waals surface area contributed by atoms with E-state index in [4.69, 9.17) is 0 Å². The molecule has 0 aliphatic rings. The summed E-state index contributed by atoms with van der Waals surface area (Å²) < 4.78 is 27.0. The molecule has 0 bridgehead atoms. The van der Waals surface area contributed by atoms with Gasteiger partial charge in [0.15, 0.2) is 10.9 Å². The quantitative estimate of drug-likeness (QED) is 0.820. The van der Waals surface area contributed by atoms with Gasteiger partial charge in [0.25, 0.3) is 10.0 Å². The van der Waals surface area contributed by atoms with E-state index in [0.29, 0.717) is 11.6 Å². The smallest absolute Gasteiger partial charge is 0.260 e. The molecule has 1 N–H and O–H groups in total. The van der Waals surface area contributed by atoms with Crippen molar-refractivity contribution in [3.8, 4) is 0 Å². The van der Waals surface area contributed by atoms with Crippen LogP contribution in [0.4, 0.5) is 0 Å². The number of hydrogen-bond acceptors (Lipinski definition) is 5. The molecule has 0 amide bonds. The van der Waals surface area contributed by atoms with Crippen LogP contribution in [0.25, 0.3) is 0 Å². The van der Waals surface area contributed by atoms with Crippen LogP contribution in [0, 0.1) is 6.92 Å². The average Bonchev–Trinajstić information content (AvgIpc) is 2.87. The van der Waals surface area contributed by atoms with Gasteiger partial charge in [0.2, 0.25) is 0 Å². The van der Waals surface area contributed by atoms with Crippen molar-refractivity contribution in [1.29, 1.82) is 0 Å². The van der Waals surface area contributed by atoms with Crippen molar-refractivity contribution in [3.63, 3.8) is 0 Å². The van der Waals surface area contributed by atoms with Crippen LogP contribution in [0.1, 0.15) is 11.6 Å². The van der Waals surface area contributed by atoms with Gasteiger partial charge >= 0.3 is 0 Å². The second-order valence-electron chi connectivity index (χ2n) is 3.89. The van der Waals surface area contributed by atoms with Crippen molar-refractivity contribution >= 4 is 10.0 Å². The number of nitrogens with zero attached hydrogens (tertiary/aromatic N) is 5. The zero-order valence-corrected chi connectivity index (χ0v) is 11.1. The molecule has 0 aliphatic carbocycles. The standard InChI is InChI=1S/C9H14N6O2S/c1-7-11-8(13-12-7)6-14(2)18(16,17)9-4-5-10-15(9)3/h4-5H,6H2,1-3H3,(H,11,12,13). The van der Waals surface area contributed by atoms with Crippen LogP contribution < -0.4 is 0 Å². The lowest BCUT2D eigenvalue weighted by Crippen LogP contribution is -2.28. The lowest BCUT2D eigenvalue weighted by atomic mass is 10.6. The second kappa shape index (κ2) is 4.50. The molecular formula is C9H14N6O2S. The molecule has 0 saturated carbocycles. The molecule has 9 heteroatoms. The first-order chi connectivity index (χ1) is 8.41. The maximum absolute atomic E-state index is 12.2. The van der Waals surface area contributed by atoms with Gasteiger partial charge in [-0.25, -0.2) is 13.4 Å². The molecule has 0 aromatic carbocycles. The Hall–Kier alpha value is -1.74. The monoisotopic (exact) mass is 270 g/mol. The number of nitrogens with one attached hydrogen (secondary N) is 1. The minimum Gasteiger partial charge on any atom is -0.263 e. The van der Waals surface area contributed by atoms with Gasteiger partial charge in [-0.2, -0.15) is 14.5 Å². The van der Waals surface area contributed by atoms with E-state index >= 15 is 0 Å². The highest BCUT2D eigenvalue weighted by atomic mass is 32.2. The van der Waals surface area contributed by atoms with Gasteiger partial charge in [0.05, 0.1) is 12.7 Å². The number of H-pyrrole nitrogens is 1. The number of sulfonamides is 1. The molecule has 8 nitrogen and oxygen atoms in total. The van der Waals surface area contributed by atoms with Gasteiger partial charge in [-0.15, -0.1) is 0 Å². The molecule has 0 spiro atoms. The highest BCUT2D eigenvalue weighted by Crippen LogP contribution is 2.14. The van der Waals surface area contributed by atoms with Crippen molar-refractivity contribution in [2.45, 2.75) is 18.5 Å². The molecule has 2 heterocycles. The first-order valence-corrected chi connectivity index (χ1v) is 6.67. The Morgan fingerprint density at radius 2 is 2.22 bits per heavy atom. The molecule has 0 saturated heterocycles. The van der Waals surface area contributed by atoms with E-state index in [-0.39, 0.29) is 11.6 Å². The largest absolute Gasteiger partial charge is 0.263 e. The van der Waals surface area contributed by atoms with Crippen molar-refractivity contribution in [2.75, 3.05) is 7.05 Å². The van der Waals surface area contributed by atoms with Crippen molar-refractivity contribution in [2.24, 2.45) is 7.05 Å². The lowest BCUT2D eigenvalue weighted by Gasteiger charge is -2.15. The average molecular weight is 270 g/mol. The number of aromatic amines is 1. The summed E-state index contributed by atoms with van der Waals surface area (Å²) in [5, 5.41) is 10.6. The van der Waals surface area contributed by atoms with E-state index < -0.39 is 10.0 Å². The summed E-state index contributed by atoms with van der Waals surface area (Å²) >= 11 is 0. The fourth-order valence-electron chi connectivity index (χ4n) is 1.52. The van der Waals surface area contributed by atoms with Gasteiger partial charge in [-0.3, -0.25) is 9.78 Å². The Bertz CT molecular complexity index is 644. The Morgan fingerprint density at radius 1 is 1.50 bits per heavy atom. The fourth-order valence-corrected chi connectivity index (χ4v) is 2.74. The zero-order valence-electron chi connectivity index (χ0n) is 10.3. The van der Waals surface area contributed by atoms with Crippen LogP contribution in [0.5, 0.6) is 0 Å². The maximum atomic E-state index is 12.2. The predicted octanol–water partition coefficient (Wildman–Crippen LogP) is -0.333. The molecular weight excluding hydrogens is 256 g/mol. The van der Waals surface area contributed by atoms with Gasteiger partial charge < -0.3 is 0 Å². The fraction of sp³-hybridized carbons (Fsp3) is 0.444. The molecule has 0 radical (unpaired) electrons. The Kier molecular flexibility index (Phi) is 3.18. The molecule has 0 fully saturated rings. The van der Waals surface area contributed by atoms with Crippen LogP contribution in [0.3, 0.4) is 0 Å². The van der Waals surface area contributed by atoms with E-state index in [9.17, 15) is 8.42 Å². The Labute approximate surface area is 105 Å². The van der Waals surface area contributed by atoms with Crippen LogP contribution in [-0.4, -0.2) is 44.7 Å². The van der Waals surface area contributed by atoms with Gasteiger partial charge in [-0.1, -0.05) is 0 Å². The third-order valence-corrected chi connectivity index (χ3v) is 4.34. The third kappa shape index (κ3) is 2.27. The van der Waals surface area contributed by atoms with Crippen LogP contribution in [-0.2, 0) is 23.6 Å². The summed E-state index contributed by atoms with van der Waals surface area (Å²) in [5.41, 5.74) is 0. The molecule has 0 atom stereocenters. The third-order valence-electron chi connectivity index (χ3n) is 2.46. The zero-order chi connectivity index (χ0) is 13.3. The van der Waals surface area contributed by atoms with E-state index in [2.05, 4.69) is 20.3 Å². The molecule has 2 aromatic heterocycles. The molecule has 98 valence electrons. The van der Waals surface area contributed by atoms with Crippen molar-refractivity contribution in [3.05, 3.63) is 23.9 Å². The van der Waals surface area contributed by atoms with E-state index in [1.54, 1.807) is 14.0 Å². The summed E-state index contributed by atoms with van der Waals surface area (Å²) in [6.07, 6.45) is 1.44. The highest BCUT2D eigenvalue weighted by Gasteiger charge is 2.24. The maximum Gasteiger partial charge on any atom is 0.260 e. The summed E-state index contributed by atoms with van der Waals surface area (Å²) in [6.45, 7) is 1.87. The van der Waals surface area contributed by atoms with Gasteiger partial charge in [-0.05, 0) is 13.0 Å². The van der Waals surface area contributed by atoms with Crippen LogP contribution in [0.2, 0.25) is 0 Å². The molecule has 18 heavy (non-hydrogen) atoms. The van der Waals surface area contributed by atoms with Crippen molar-refractivity contribution < 1.29 is 8.42 Å². The van der Waals surface area contributed by atoms with Crippen LogP contribution >= 0.6 is 0 Å². The molecule has 2 aromatic rings. The minimum absolute atomic E-state index is 0.109. The molecule has 2 rings (SSSR count). The van der Waals surface area contributed by atoms with E-state index in [0.717, 1.165) is 0 Å². The SMILES string of the molecule is Cc1nc(CN(C)S(=O)(=O)c2ccnn2C)n[nH]1. The van der Waals surface area contributed by atoms with Gasteiger partial charge in [0, 0.05) is 14.1 Å². The first kappa shape index (κ1) is 12.7. The second-order valence-corrected chi connectivity index (χ2v) is 5.88. The first-order valence-electron chi connectivity index (χ1n) is 5.23. The number of rotatable bonds is 4. The van der Waals surface area contributed by atoms with E-state index in [1.807, 2.05) is 0 Å².